The Balaban J connectivity index is 2.06. The van der Waals surface area contributed by atoms with Crippen LogP contribution in [0.5, 0.6) is 5.75 Å². The van der Waals surface area contributed by atoms with Crippen LogP contribution in [-0.2, 0) is 0 Å². The van der Waals surface area contributed by atoms with Crippen LogP contribution in [0.4, 0.5) is 11.5 Å². The van der Waals surface area contributed by atoms with Gasteiger partial charge in [-0.1, -0.05) is 0 Å². The number of carbonyl (C=O) groups is 1. The lowest BCUT2D eigenvalue weighted by atomic mass is 10.3. The molecule has 0 spiro atoms. The molecule has 0 saturated carbocycles. The molecule has 0 bridgehead atoms. The van der Waals surface area contributed by atoms with Gasteiger partial charge in [0, 0.05) is 5.69 Å². The van der Waals surface area contributed by atoms with E-state index in [1.54, 1.807) is 37.4 Å². The average Bonchev–Trinajstić information content (AvgIpc) is 2.48. The number of aromatic nitrogens is 2. The number of benzene rings is 1. The Bertz CT molecular complexity index is 553. The number of rotatable bonds is 4. The van der Waals surface area contributed by atoms with Crippen LogP contribution >= 0.6 is 0 Å². The summed E-state index contributed by atoms with van der Waals surface area (Å²) < 4.78 is 5.03. The number of nitrogens with zero attached hydrogens (tertiary/aromatic N) is 2. The summed E-state index contributed by atoms with van der Waals surface area (Å²) >= 11 is 0. The number of nitrogens with two attached hydrogens (primary N) is 1. The fraction of sp³-hybridized carbons (Fsp3) is 0.0833. The number of nitrogen functional groups attached to an aromatic ring is 1. The second-order valence-corrected chi connectivity index (χ2v) is 3.63. The van der Waals surface area contributed by atoms with Crippen molar-refractivity contribution in [1.29, 1.82) is 0 Å². The van der Waals surface area contributed by atoms with Crippen molar-refractivity contribution in [1.82, 2.24) is 10.2 Å². The summed E-state index contributed by atoms with van der Waals surface area (Å²) in [5.74, 6) is 5.92. The maximum absolute atomic E-state index is 11.9. The van der Waals surface area contributed by atoms with E-state index in [1.165, 1.54) is 6.07 Å². The number of nitrogens with one attached hydrogen (secondary N) is 2. The highest BCUT2D eigenvalue weighted by molar-refractivity contribution is 6.02. The molecule has 0 aliphatic rings. The average molecular weight is 259 g/mol. The van der Waals surface area contributed by atoms with Crippen molar-refractivity contribution >= 4 is 17.4 Å². The van der Waals surface area contributed by atoms with Gasteiger partial charge in [0.15, 0.2) is 11.5 Å². The van der Waals surface area contributed by atoms with Gasteiger partial charge < -0.3 is 15.5 Å². The number of hydrogen-bond acceptors (Lipinski definition) is 6. The molecule has 7 heteroatoms. The van der Waals surface area contributed by atoms with Crippen LogP contribution in [0.25, 0.3) is 0 Å². The summed E-state index contributed by atoms with van der Waals surface area (Å²) in [6.07, 6.45) is 0. The third-order valence-electron chi connectivity index (χ3n) is 2.39. The molecule has 2 aromatic rings. The van der Waals surface area contributed by atoms with Gasteiger partial charge in [-0.25, -0.2) is 5.84 Å². The molecule has 0 saturated heterocycles. The molecule has 0 fully saturated rings. The van der Waals surface area contributed by atoms with Crippen molar-refractivity contribution < 1.29 is 9.53 Å². The van der Waals surface area contributed by atoms with Gasteiger partial charge >= 0.3 is 0 Å². The molecule has 1 heterocycles. The van der Waals surface area contributed by atoms with Gasteiger partial charge in [-0.3, -0.25) is 4.79 Å². The number of methoxy groups -OCH3 is 1. The fourth-order valence-corrected chi connectivity index (χ4v) is 1.40. The van der Waals surface area contributed by atoms with Crippen LogP contribution in [0.3, 0.4) is 0 Å². The van der Waals surface area contributed by atoms with E-state index < -0.39 is 0 Å². The van der Waals surface area contributed by atoms with Crippen LogP contribution in [0.1, 0.15) is 10.5 Å². The number of carbonyl (C=O) groups excluding carboxylic acids is 1. The third kappa shape index (κ3) is 3.17. The number of ether oxygens (including phenoxy) is 1. The highest BCUT2D eigenvalue weighted by atomic mass is 16.5. The van der Waals surface area contributed by atoms with Crippen molar-refractivity contribution in [2.45, 2.75) is 0 Å². The SMILES string of the molecule is COc1ccc(NC(=O)c2ccc(NN)nn2)cc1. The summed E-state index contributed by atoms with van der Waals surface area (Å²) in [4.78, 5) is 11.9. The van der Waals surface area contributed by atoms with Gasteiger partial charge in [-0.2, -0.15) is 0 Å². The van der Waals surface area contributed by atoms with E-state index in [0.29, 0.717) is 11.5 Å². The second kappa shape index (κ2) is 5.78. The molecule has 1 aromatic heterocycles. The summed E-state index contributed by atoms with van der Waals surface area (Å²) in [5.41, 5.74) is 3.19. The van der Waals surface area contributed by atoms with E-state index in [0.717, 1.165) is 5.75 Å². The first-order valence-corrected chi connectivity index (χ1v) is 5.48. The standard InChI is InChI=1S/C12H13N5O2/c1-19-9-4-2-8(3-5-9)14-12(18)10-6-7-11(15-13)17-16-10/h2-7H,13H2,1H3,(H,14,18)(H,15,17). The second-order valence-electron chi connectivity index (χ2n) is 3.63. The van der Waals surface area contributed by atoms with E-state index in [-0.39, 0.29) is 11.6 Å². The molecule has 98 valence electrons. The Hall–Kier alpha value is -2.67. The van der Waals surface area contributed by atoms with Crippen LogP contribution in [0, 0.1) is 0 Å². The zero-order chi connectivity index (χ0) is 13.7. The smallest absolute Gasteiger partial charge is 0.276 e. The van der Waals surface area contributed by atoms with E-state index in [1.807, 2.05) is 0 Å². The van der Waals surface area contributed by atoms with Crippen molar-refractivity contribution in [3.63, 3.8) is 0 Å². The molecule has 0 atom stereocenters. The van der Waals surface area contributed by atoms with Gasteiger partial charge in [0.2, 0.25) is 0 Å². The predicted molar refractivity (Wildman–Crippen MR) is 70.8 cm³/mol. The zero-order valence-corrected chi connectivity index (χ0v) is 10.3. The quantitative estimate of drug-likeness (QED) is 0.559. The van der Waals surface area contributed by atoms with Crippen molar-refractivity contribution in [3.8, 4) is 5.75 Å². The predicted octanol–water partition coefficient (Wildman–Crippen LogP) is 1.02. The van der Waals surface area contributed by atoms with Crippen LogP contribution in [0.2, 0.25) is 0 Å². The molecule has 0 radical (unpaired) electrons. The molecular weight excluding hydrogens is 246 g/mol. The number of hydrogen-bond donors (Lipinski definition) is 3. The van der Waals surface area contributed by atoms with Crippen molar-refractivity contribution in [3.05, 3.63) is 42.1 Å². The molecule has 4 N–H and O–H groups in total. The first kappa shape index (κ1) is 12.8. The van der Waals surface area contributed by atoms with E-state index in [9.17, 15) is 4.79 Å². The topological polar surface area (TPSA) is 102 Å². The minimum Gasteiger partial charge on any atom is -0.497 e. The molecule has 2 rings (SSSR count). The Morgan fingerprint density at radius 2 is 1.89 bits per heavy atom. The minimum absolute atomic E-state index is 0.204. The van der Waals surface area contributed by atoms with Gasteiger partial charge in [0.05, 0.1) is 7.11 Å². The Morgan fingerprint density at radius 3 is 2.42 bits per heavy atom. The van der Waals surface area contributed by atoms with Gasteiger partial charge in [-0.15, -0.1) is 10.2 Å². The molecule has 0 aliphatic heterocycles. The molecular formula is C12H13N5O2. The van der Waals surface area contributed by atoms with Crippen LogP contribution < -0.4 is 21.3 Å². The molecule has 7 nitrogen and oxygen atoms in total. The maximum atomic E-state index is 11.9. The molecule has 0 aliphatic carbocycles. The zero-order valence-electron chi connectivity index (χ0n) is 10.3. The first-order valence-electron chi connectivity index (χ1n) is 5.48. The lowest BCUT2D eigenvalue weighted by Gasteiger charge is -2.05. The van der Waals surface area contributed by atoms with Crippen LogP contribution in [-0.4, -0.2) is 23.2 Å². The Kier molecular flexibility index (Phi) is 3.89. The Morgan fingerprint density at radius 1 is 1.16 bits per heavy atom. The summed E-state index contributed by atoms with van der Waals surface area (Å²) in [6.45, 7) is 0. The largest absolute Gasteiger partial charge is 0.497 e. The van der Waals surface area contributed by atoms with Crippen molar-refractivity contribution in [2.24, 2.45) is 5.84 Å². The normalized spacial score (nSPS) is 9.79. The highest BCUT2D eigenvalue weighted by Crippen LogP contribution is 2.15. The highest BCUT2D eigenvalue weighted by Gasteiger charge is 2.08. The summed E-state index contributed by atoms with van der Waals surface area (Å²) in [7, 11) is 1.58. The number of hydrazine groups is 1. The maximum Gasteiger partial charge on any atom is 0.276 e. The van der Waals surface area contributed by atoms with Gasteiger partial charge in [-0.05, 0) is 36.4 Å². The van der Waals surface area contributed by atoms with Crippen molar-refractivity contribution in [2.75, 3.05) is 17.9 Å². The molecule has 1 aromatic carbocycles. The first-order chi connectivity index (χ1) is 9.22. The van der Waals surface area contributed by atoms with Crippen LogP contribution in [0.15, 0.2) is 36.4 Å². The lowest BCUT2D eigenvalue weighted by molar-refractivity contribution is 0.102. The third-order valence-corrected chi connectivity index (χ3v) is 2.39. The number of anilines is 2. The molecule has 1 amide bonds. The summed E-state index contributed by atoms with van der Waals surface area (Å²) in [6, 6.07) is 10.1. The Labute approximate surface area is 109 Å². The van der Waals surface area contributed by atoms with Gasteiger partial charge in [0.1, 0.15) is 5.75 Å². The summed E-state index contributed by atoms with van der Waals surface area (Å²) in [5, 5.41) is 10.2. The number of amides is 1. The van der Waals surface area contributed by atoms with Gasteiger partial charge in [0.25, 0.3) is 5.91 Å². The molecule has 0 unspecified atom stereocenters. The lowest BCUT2D eigenvalue weighted by Crippen LogP contribution is -2.16. The van der Waals surface area contributed by atoms with E-state index in [2.05, 4.69) is 20.9 Å². The monoisotopic (exact) mass is 259 g/mol. The minimum atomic E-state index is -0.346. The van der Waals surface area contributed by atoms with E-state index >= 15 is 0 Å². The fourth-order valence-electron chi connectivity index (χ4n) is 1.40. The van der Waals surface area contributed by atoms with E-state index in [4.69, 9.17) is 10.6 Å². The molecule has 19 heavy (non-hydrogen) atoms.